The molecule has 0 unspecified atom stereocenters. The number of amides is 1. The van der Waals surface area contributed by atoms with Gasteiger partial charge in [-0.05, 0) is 23.6 Å². The zero-order valence-corrected chi connectivity index (χ0v) is 18.5. The molecule has 33 heavy (non-hydrogen) atoms. The molecular weight excluding hydrogens is 418 g/mol. The van der Waals surface area contributed by atoms with Gasteiger partial charge in [0.25, 0.3) is 0 Å². The second kappa shape index (κ2) is 12.2. The Hall–Kier alpha value is -3.93. The molecule has 170 valence electrons. The van der Waals surface area contributed by atoms with Crippen LogP contribution in [0, 0.1) is 0 Å². The molecule has 0 fully saturated rings. The van der Waals surface area contributed by atoms with Crippen LogP contribution in [0.3, 0.4) is 0 Å². The first-order chi connectivity index (χ1) is 16.1. The van der Waals surface area contributed by atoms with E-state index in [1.165, 1.54) is 0 Å². The topological polar surface area (TPSA) is 81.7 Å². The maximum Gasteiger partial charge on any atom is 0.332 e. The molecule has 0 heterocycles. The molecule has 0 spiro atoms. The van der Waals surface area contributed by atoms with Crippen LogP contribution in [0.25, 0.3) is 0 Å². The van der Waals surface area contributed by atoms with Crippen molar-refractivity contribution in [3.05, 3.63) is 108 Å². The van der Waals surface area contributed by atoms with Gasteiger partial charge in [0.2, 0.25) is 5.91 Å². The van der Waals surface area contributed by atoms with E-state index in [4.69, 9.17) is 9.47 Å². The molecule has 0 bridgehead atoms. The lowest BCUT2D eigenvalue weighted by Crippen LogP contribution is -2.47. The summed E-state index contributed by atoms with van der Waals surface area (Å²) < 4.78 is 11.0. The van der Waals surface area contributed by atoms with Gasteiger partial charge in [-0.25, -0.2) is 4.79 Å². The number of nitrogens with one attached hydrogen (secondary N) is 1. The minimum Gasteiger partial charge on any atom is -0.464 e. The maximum atomic E-state index is 12.9. The van der Waals surface area contributed by atoms with Crippen LogP contribution in [-0.4, -0.2) is 30.5 Å². The van der Waals surface area contributed by atoms with Crippen molar-refractivity contribution in [2.45, 2.75) is 31.9 Å². The molecule has 0 aliphatic heterocycles. The van der Waals surface area contributed by atoms with Crippen LogP contribution in [0.15, 0.2) is 91.0 Å². The van der Waals surface area contributed by atoms with E-state index in [1.54, 1.807) is 31.2 Å². The molecule has 3 rings (SSSR count). The van der Waals surface area contributed by atoms with E-state index in [-0.39, 0.29) is 25.4 Å². The monoisotopic (exact) mass is 445 g/mol. The Morgan fingerprint density at radius 2 is 1.27 bits per heavy atom. The first-order valence-corrected chi connectivity index (χ1v) is 10.8. The third-order valence-electron chi connectivity index (χ3n) is 4.95. The second-order valence-corrected chi connectivity index (χ2v) is 7.44. The zero-order chi connectivity index (χ0) is 23.5. The summed E-state index contributed by atoms with van der Waals surface area (Å²) in [6.45, 7) is 1.81. The predicted octanol–water partition coefficient (Wildman–Crippen LogP) is 3.80. The Morgan fingerprint density at radius 3 is 1.82 bits per heavy atom. The number of esters is 2. The largest absolute Gasteiger partial charge is 0.464 e. The van der Waals surface area contributed by atoms with E-state index in [0.717, 1.165) is 11.1 Å². The van der Waals surface area contributed by atoms with Gasteiger partial charge in [-0.3, -0.25) is 9.59 Å². The predicted molar refractivity (Wildman–Crippen MR) is 124 cm³/mol. The van der Waals surface area contributed by atoms with E-state index < -0.39 is 24.1 Å². The molecule has 0 saturated heterocycles. The highest BCUT2D eigenvalue weighted by Crippen LogP contribution is 2.24. The Balaban J connectivity index is 1.84. The van der Waals surface area contributed by atoms with E-state index >= 15 is 0 Å². The Bertz CT molecular complexity index is 1040. The third kappa shape index (κ3) is 7.31. The van der Waals surface area contributed by atoms with Crippen molar-refractivity contribution in [1.29, 1.82) is 0 Å². The smallest absolute Gasteiger partial charge is 0.332 e. The summed E-state index contributed by atoms with van der Waals surface area (Å²) in [5.74, 6) is -1.55. The number of hydrogen-bond acceptors (Lipinski definition) is 5. The molecule has 1 amide bonds. The maximum absolute atomic E-state index is 12.9. The summed E-state index contributed by atoms with van der Waals surface area (Å²) in [6.07, 6.45) is -0.922. The van der Waals surface area contributed by atoms with Crippen molar-refractivity contribution in [3.63, 3.8) is 0 Å². The fourth-order valence-corrected chi connectivity index (χ4v) is 3.41. The van der Waals surface area contributed by atoms with E-state index in [9.17, 15) is 14.4 Å². The molecule has 0 aliphatic rings. The quantitative estimate of drug-likeness (QED) is 0.480. The molecule has 6 heteroatoms. The standard InChI is InChI=1S/C27H27NO5/c1-2-32-27(31)25(28-23(29)18-20-12-6-3-7-13-20)26(22-16-10-5-11-17-22)33-24(30)19-21-14-8-4-9-15-21/h3-17,25-26H,2,18-19H2,1H3,(H,28,29)/t25-,26+/m1/s1. The van der Waals surface area contributed by atoms with E-state index in [1.807, 2.05) is 66.7 Å². The third-order valence-corrected chi connectivity index (χ3v) is 4.95. The van der Waals surface area contributed by atoms with Crippen molar-refractivity contribution < 1.29 is 23.9 Å². The minimum atomic E-state index is -1.19. The van der Waals surface area contributed by atoms with Crippen molar-refractivity contribution in [3.8, 4) is 0 Å². The fourth-order valence-electron chi connectivity index (χ4n) is 3.41. The van der Waals surface area contributed by atoms with Crippen LogP contribution in [0.1, 0.15) is 29.7 Å². The van der Waals surface area contributed by atoms with Crippen LogP contribution in [-0.2, 0) is 36.7 Å². The van der Waals surface area contributed by atoms with E-state index in [2.05, 4.69) is 5.32 Å². The fraction of sp³-hybridized carbons (Fsp3) is 0.222. The number of carbonyl (C=O) groups is 3. The van der Waals surface area contributed by atoms with Gasteiger partial charge in [0.05, 0.1) is 19.4 Å². The van der Waals surface area contributed by atoms with Gasteiger partial charge >= 0.3 is 11.9 Å². The number of carbonyl (C=O) groups excluding carboxylic acids is 3. The highest BCUT2D eigenvalue weighted by Gasteiger charge is 2.35. The summed E-state index contributed by atoms with van der Waals surface area (Å²) in [4.78, 5) is 38.4. The lowest BCUT2D eigenvalue weighted by Gasteiger charge is -2.27. The van der Waals surface area contributed by atoms with Gasteiger partial charge < -0.3 is 14.8 Å². The first-order valence-electron chi connectivity index (χ1n) is 10.8. The van der Waals surface area contributed by atoms with Crippen molar-refractivity contribution in [2.75, 3.05) is 6.61 Å². The lowest BCUT2D eigenvalue weighted by molar-refractivity contribution is -0.160. The number of rotatable bonds is 10. The molecule has 0 aliphatic carbocycles. The summed E-state index contributed by atoms with van der Waals surface area (Å²) in [6, 6.07) is 26.0. The molecule has 6 nitrogen and oxygen atoms in total. The van der Waals surface area contributed by atoms with Crippen LogP contribution in [0.2, 0.25) is 0 Å². The molecule has 0 saturated carbocycles. The molecule has 3 aromatic carbocycles. The Morgan fingerprint density at radius 1 is 0.758 bits per heavy atom. The Kier molecular flexibility index (Phi) is 8.77. The van der Waals surface area contributed by atoms with Crippen LogP contribution < -0.4 is 5.32 Å². The summed E-state index contributed by atoms with van der Waals surface area (Å²) >= 11 is 0. The van der Waals surface area contributed by atoms with Gasteiger partial charge in [-0.1, -0.05) is 91.0 Å². The highest BCUT2D eigenvalue weighted by molar-refractivity contribution is 5.86. The minimum absolute atomic E-state index is 0.0394. The van der Waals surface area contributed by atoms with E-state index in [0.29, 0.717) is 5.56 Å². The number of hydrogen-bond donors (Lipinski definition) is 1. The molecule has 1 N–H and O–H groups in total. The lowest BCUT2D eigenvalue weighted by atomic mass is 10.0. The normalized spacial score (nSPS) is 12.3. The molecule has 3 aromatic rings. The average Bonchev–Trinajstić information content (AvgIpc) is 2.83. The van der Waals surface area contributed by atoms with Crippen LogP contribution in [0.4, 0.5) is 0 Å². The zero-order valence-electron chi connectivity index (χ0n) is 18.5. The Labute approximate surface area is 193 Å². The van der Waals surface area contributed by atoms with Gasteiger partial charge in [-0.15, -0.1) is 0 Å². The summed E-state index contributed by atoms with van der Waals surface area (Å²) in [7, 11) is 0. The molecule has 2 atom stereocenters. The SMILES string of the molecule is CCOC(=O)[C@H](NC(=O)Cc1ccccc1)[C@@H](OC(=O)Cc1ccccc1)c1ccccc1. The van der Waals surface area contributed by atoms with Crippen molar-refractivity contribution >= 4 is 17.8 Å². The second-order valence-electron chi connectivity index (χ2n) is 7.44. The van der Waals surface area contributed by atoms with Gasteiger partial charge in [0, 0.05) is 0 Å². The first kappa shape index (κ1) is 23.7. The molecule has 0 aromatic heterocycles. The van der Waals surface area contributed by atoms with Crippen molar-refractivity contribution in [2.24, 2.45) is 0 Å². The molecule has 0 radical (unpaired) electrons. The average molecular weight is 446 g/mol. The van der Waals surface area contributed by atoms with Crippen LogP contribution in [0.5, 0.6) is 0 Å². The van der Waals surface area contributed by atoms with Crippen LogP contribution >= 0.6 is 0 Å². The summed E-state index contributed by atoms with van der Waals surface area (Å²) in [5.41, 5.74) is 2.17. The van der Waals surface area contributed by atoms with Gasteiger partial charge in [0.15, 0.2) is 12.1 Å². The number of ether oxygens (including phenoxy) is 2. The van der Waals surface area contributed by atoms with Crippen molar-refractivity contribution in [1.82, 2.24) is 5.32 Å². The van der Waals surface area contributed by atoms with Gasteiger partial charge in [-0.2, -0.15) is 0 Å². The summed E-state index contributed by atoms with van der Waals surface area (Å²) in [5, 5.41) is 2.73. The molecular formula is C27H27NO5. The van der Waals surface area contributed by atoms with Gasteiger partial charge in [0.1, 0.15) is 0 Å². The highest BCUT2D eigenvalue weighted by atomic mass is 16.6. The number of benzene rings is 3.